The number of ether oxygens (including phenoxy) is 2. The third kappa shape index (κ3) is 5.18. The first-order valence-electron chi connectivity index (χ1n) is 8.50. The molecule has 1 N–H and O–H groups in total. The Balaban J connectivity index is 1.71. The van der Waals surface area contributed by atoms with E-state index in [1.54, 1.807) is 19.4 Å². The van der Waals surface area contributed by atoms with Gasteiger partial charge in [-0.05, 0) is 30.3 Å². The van der Waals surface area contributed by atoms with Crippen LogP contribution in [0.15, 0.2) is 60.8 Å². The van der Waals surface area contributed by atoms with Crippen molar-refractivity contribution >= 4 is 11.6 Å². The quantitative estimate of drug-likeness (QED) is 0.606. The van der Waals surface area contributed by atoms with Crippen LogP contribution in [0.3, 0.4) is 0 Å². The number of para-hydroxylation sites is 1. The van der Waals surface area contributed by atoms with Crippen LogP contribution in [0.5, 0.6) is 11.5 Å². The van der Waals surface area contributed by atoms with Gasteiger partial charge in [-0.3, -0.25) is 4.98 Å². The molecule has 3 aromatic rings. The Labute approximate surface area is 162 Å². The summed E-state index contributed by atoms with van der Waals surface area (Å²) in [6.45, 7) is 1.44. The second-order valence-electron chi connectivity index (χ2n) is 5.90. The van der Waals surface area contributed by atoms with Crippen LogP contribution >= 0.6 is 11.6 Å². The van der Waals surface area contributed by atoms with Gasteiger partial charge in [0.1, 0.15) is 12.4 Å². The number of nitrogens with one attached hydrogen (secondary N) is 1. The van der Waals surface area contributed by atoms with Crippen molar-refractivity contribution in [1.29, 1.82) is 0 Å². The molecular formula is C21H20ClFN2O2. The zero-order chi connectivity index (χ0) is 19.1. The normalized spacial score (nSPS) is 10.6. The fraction of sp³-hybridized carbons (Fsp3) is 0.190. The SMILES string of the molecule is COc1cccc(CNCc2ccccn2)c1OCc1ccc(F)cc1Cl. The van der Waals surface area contributed by atoms with Crippen LogP contribution < -0.4 is 14.8 Å². The van der Waals surface area contributed by atoms with E-state index >= 15 is 0 Å². The van der Waals surface area contributed by atoms with Crippen molar-refractivity contribution < 1.29 is 13.9 Å². The van der Waals surface area contributed by atoms with Crippen molar-refractivity contribution in [3.8, 4) is 11.5 Å². The van der Waals surface area contributed by atoms with Crippen molar-refractivity contribution in [1.82, 2.24) is 10.3 Å². The summed E-state index contributed by atoms with van der Waals surface area (Å²) < 4.78 is 24.6. The largest absolute Gasteiger partial charge is 0.493 e. The van der Waals surface area contributed by atoms with E-state index in [2.05, 4.69) is 10.3 Å². The fourth-order valence-corrected chi connectivity index (χ4v) is 2.86. The standard InChI is InChI=1S/C21H20ClFN2O2/c1-26-20-7-4-5-15(12-24-13-18-6-2-3-10-25-18)21(20)27-14-16-8-9-17(23)11-19(16)22/h2-11,24H,12-14H2,1H3. The molecular weight excluding hydrogens is 367 g/mol. The molecule has 1 heterocycles. The number of aromatic nitrogens is 1. The second-order valence-corrected chi connectivity index (χ2v) is 6.30. The van der Waals surface area contributed by atoms with E-state index in [4.69, 9.17) is 21.1 Å². The van der Waals surface area contributed by atoms with Crippen LogP contribution in [-0.4, -0.2) is 12.1 Å². The summed E-state index contributed by atoms with van der Waals surface area (Å²) in [5.74, 6) is 0.889. The highest BCUT2D eigenvalue weighted by molar-refractivity contribution is 6.31. The number of hydrogen-bond donors (Lipinski definition) is 1. The number of pyridine rings is 1. The third-order valence-corrected chi connectivity index (χ3v) is 4.37. The van der Waals surface area contributed by atoms with Gasteiger partial charge in [-0.1, -0.05) is 35.9 Å². The van der Waals surface area contributed by atoms with E-state index in [0.717, 1.165) is 11.3 Å². The Morgan fingerprint density at radius 1 is 1.04 bits per heavy atom. The lowest BCUT2D eigenvalue weighted by Crippen LogP contribution is -2.14. The molecule has 0 atom stereocenters. The molecule has 27 heavy (non-hydrogen) atoms. The molecule has 0 radical (unpaired) electrons. The highest BCUT2D eigenvalue weighted by Gasteiger charge is 2.12. The number of benzene rings is 2. The van der Waals surface area contributed by atoms with E-state index in [-0.39, 0.29) is 12.4 Å². The molecule has 3 rings (SSSR count). The van der Waals surface area contributed by atoms with Gasteiger partial charge in [-0.25, -0.2) is 4.39 Å². The maximum Gasteiger partial charge on any atom is 0.166 e. The van der Waals surface area contributed by atoms with E-state index < -0.39 is 0 Å². The van der Waals surface area contributed by atoms with Crippen molar-refractivity contribution in [2.24, 2.45) is 0 Å². The molecule has 0 aliphatic rings. The molecule has 0 saturated heterocycles. The van der Waals surface area contributed by atoms with E-state index in [1.165, 1.54) is 12.1 Å². The maximum absolute atomic E-state index is 13.2. The first kappa shape index (κ1) is 19.1. The van der Waals surface area contributed by atoms with Gasteiger partial charge in [-0.2, -0.15) is 0 Å². The van der Waals surface area contributed by atoms with E-state index in [1.807, 2.05) is 36.4 Å². The first-order valence-corrected chi connectivity index (χ1v) is 8.88. The van der Waals surface area contributed by atoms with Crippen LogP contribution in [0.25, 0.3) is 0 Å². The minimum absolute atomic E-state index is 0.215. The van der Waals surface area contributed by atoms with E-state index in [9.17, 15) is 4.39 Å². The zero-order valence-corrected chi connectivity index (χ0v) is 15.7. The zero-order valence-electron chi connectivity index (χ0n) is 14.9. The van der Waals surface area contributed by atoms with Crippen LogP contribution in [0.1, 0.15) is 16.8 Å². The number of halogens is 2. The Bertz CT molecular complexity index is 891. The molecule has 1 aromatic heterocycles. The van der Waals surface area contributed by atoms with Crippen molar-refractivity contribution in [2.45, 2.75) is 19.7 Å². The molecule has 0 spiro atoms. The summed E-state index contributed by atoms with van der Waals surface area (Å²) >= 11 is 6.09. The molecule has 0 saturated carbocycles. The minimum Gasteiger partial charge on any atom is -0.493 e. The molecule has 0 amide bonds. The molecule has 0 unspecified atom stereocenters. The molecule has 0 bridgehead atoms. The average Bonchev–Trinajstić information content (AvgIpc) is 2.68. The predicted octanol–water partition coefficient (Wildman–Crippen LogP) is 4.75. The molecule has 2 aromatic carbocycles. The Morgan fingerprint density at radius 3 is 2.67 bits per heavy atom. The van der Waals surface area contributed by atoms with Gasteiger partial charge in [0.25, 0.3) is 0 Å². The van der Waals surface area contributed by atoms with Crippen LogP contribution in [0.4, 0.5) is 4.39 Å². The highest BCUT2D eigenvalue weighted by atomic mass is 35.5. The van der Waals surface area contributed by atoms with Crippen LogP contribution in [0, 0.1) is 5.82 Å². The molecule has 140 valence electrons. The van der Waals surface area contributed by atoms with Gasteiger partial charge in [-0.15, -0.1) is 0 Å². The van der Waals surface area contributed by atoms with Crippen molar-refractivity contribution in [2.75, 3.05) is 7.11 Å². The summed E-state index contributed by atoms with van der Waals surface area (Å²) in [5, 5.41) is 3.69. The minimum atomic E-state index is -0.375. The summed E-state index contributed by atoms with van der Waals surface area (Å²) in [4.78, 5) is 4.30. The van der Waals surface area contributed by atoms with Gasteiger partial charge in [0.05, 0.1) is 17.8 Å². The summed E-state index contributed by atoms with van der Waals surface area (Å²) in [7, 11) is 1.60. The van der Waals surface area contributed by atoms with Gasteiger partial charge in [0.15, 0.2) is 11.5 Å². The monoisotopic (exact) mass is 386 g/mol. The Kier molecular flexibility index (Phi) is 6.63. The Morgan fingerprint density at radius 2 is 1.93 bits per heavy atom. The van der Waals surface area contributed by atoms with E-state index in [0.29, 0.717) is 35.2 Å². The number of rotatable bonds is 8. The Hall–Kier alpha value is -2.63. The summed E-state index contributed by atoms with van der Waals surface area (Å²) in [6, 6.07) is 15.8. The fourth-order valence-electron chi connectivity index (χ4n) is 2.64. The lowest BCUT2D eigenvalue weighted by molar-refractivity contribution is 0.280. The summed E-state index contributed by atoms with van der Waals surface area (Å²) in [6.07, 6.45) is 1.77. The lowest BCUT2D eigenvalue weighted by atomic mass is 10.1. The molecule has 4 nitrogen and oxygen atoms in total. The molecule has 0 aliphatic carbocycles. The topological polar surface area (TPSA) is 43.4 Å². The van der Waals surface area contributed by atoms with Gasteiger partial charge < -0.3 is 14.8 Å². The average molecular weight is 387 g/mol. The first-order chi connectivity index (χ1) is 13.2. The lowest BCUT2D eigenvalue weighted by Gasteiger charge is -2.16. The van der Waals surface area contributed by atoms with Crippen molar-refractivity contribution in [3.05, 3.63) is 88.5 Å². The number of hydrogen-bond acceptors (Lipinski definition) is 4. The number of methoxy groups -OCH3 is 1. The molecule has 0 aliphatic heterocycles. The van der Waals surface area contributed by atoms with Gasteiger partial charge in [0, 0.05) is 30.4 Å². The smallest absolute Gasteiger partial charge is 0.166 e. The van der Waals surface area contributed by atoms with Crippen molar-refractivity contribution in [3.63, 3.8) is 0 Å². The summed E-state index contributed by atoms with van der Waals surface area (Å²) in [5.41, 5.74) is 2.61. The predicted molar refractivity (Wildman–Crippen MR) is 104 cm³/mol. The molecule has 0 fully saturated rings. The van der Waals surface area contributed by atoms with Crippen LogP contribution in [-0.2, 0) is 19.7 Å². The van der Waals surface area contributed by atoms with Gasteiger partial charge in [0.2, 0.25) is 0 Å². The second kappa shape index (κ2) is 9.35. The highest BCUT2D eigenvalue weighted by Crippen LogP contribution is 2.32. The van der Waals surface area contributed by atoms with Gasteiger partial charge >= 0.3 is 0 Å². The third-order valence-electron chi connectivity index (χ3n) is 4.02. The maximum atomic E-state index is 13.2. The number of nitrogens with zero attached hydrogens (tertiary/aromatic N) is 1. The molecule has 6 heteroatoms. The van der Waals surface area contributed by atoms with Crippen LogP contribution in [0.2, 0.25) is 5.02 Å².